The summed E-state index contributed by atoms with van der Waals surface area (Å²) in [4.78, 5) is 0. The van der Waals surface area contributed by atoms with Crippen molar-refractivity contribution in [1.29, 1.82) is 0 Å². The number of aliphatic hydroxyl groups is 1. The van der Waals surface area contributed by atoms with E-state index in [0.29, 0.717) is 22.2 Å². The Labute approximate surface area is 99.8 Å². The molecule has 0 aliphatic rings. The highest BCUT2D eigenvalue weighted by atomic mass is 35.5. The third-order valence-corrected chi connectivity index (χ3v) is 2.94. The zero-order chi connectivity index (χ0) is 11.5. The number of halogens is 2. The molecule has 1 atom stereocenters. The SMILES string of the molecule is CCOCC(C)(O)c1cccc(Cl)c1Cl. The van der Waals surface area contributed by atoms with Gasteiger partial charge in [-0.2, -0.15) is 0 Å². The van der Waals surface area contributed by atoms with Crippen molar-refractivity contribution >= 4 is 23.2 Å². The Morgan fingerprint density at radius 2 is 2.07 bits per heavy atom. The van der Waals surface area contributed by atoms with Crippen molar-refractivity contribution in [1.82, 2.24) is 0 Å². The zero-order valence-corrected chi connectivity index (χ0v) is 10.3. The van der Waals surface area contributed by atoms with Gasteiger partial charge in [-0.3, -0.25) is 0 Å². The molecule has 0 fully saturated rings. The Hall–Kier alpha value is -0.280. The van der Waals surface area contributed by atoms with E-state index in [2.05, 4.69) is 0 Å². The summed E-state index contributed by atoms with van der Waals surface area (Å²) >= 11 is 11.9. The lowest BCUT2D eigenvalue weighted by molar-refractivity contribution is -0.0342. The minimum atomic E-state index is -1.11. The number of hydrogen-bond donors (Lipinski definition) is 1. The van der Waals surface area contributed by atoms with Crippen LogP contribution in [0.25, 0.3) is 0 Å². The number of ether oxygens (including phenoxy) is 1. The van der Waals surface area contributed by atoms with Crippen molar-refractivity contribution < 1.29 is 9.84 Å². The summed E-state index contributed by atoms with van der Waals surface area (Å²) in [5, 5.41) is 11.0. The number of hydrogen-bond acceptors (Lipinski definition) is 2. The highest BCUT2D eigenvalue weighted by Gasteiger charge is 2.26. The van der Waals surface area contributed by atoms with Crippen LogP contribution in [0.1, 0.15) is 19.4 Å². The first kappa shape index (κ1) is 12.8. The molecule has 1 rings (SSSR count). The molecule has 0 heterocycles. The maximum atomic E-state index is 10.2. The highest BCUT2D eigenvalue weighted by Crippen LogP contribution is 2.33. The second-order valence-electron chi connectivity index (χ2n) is 3.51. The smallest absolute Gasteiger partial charge is 0.112 e. The lowest BCUT2D eigenvalue weighted by Gasteiger charge is -2.24. The van der Waals surface area contributed by atoms with Gasteiger partial charge in [-0.05, 0) is 19.9 Å². The molecule has 4 heteroatoms. The van der Waals surface area contributed by atoms with E-state index in [4.69, 9.17) is 27.9 Å². The summed E-state index contributed by atoms with van der Waals surface area (Å²) in [7, 11) is 0. The van der Waals surface area contributed by atoms with Crippen LogP contribution in [-0.4, -0.2) is 18.3 Å². The molecular weight excluding hydrogens is 235 g/mol. The standard InChI is InChI=1S/C11H14Cl2O2/c1-3-15-7-11(2,14)8-5-4-6-9(12)10(8)13/h4-6,14H,3,7H2,1-2H3. The summed E-state index contributed by atoms with van der Waals surface area (Å²) < 4.78 is 5.20. The molecule has 0 saturated carbocycles. The lowest BCUT2D eigenvalue weighted by atomic mass is 9.97. The molecule has 0 aromatic heterocycles. The average molecular weight is 249 g/mol. The summed E-state index contributed by atoms with van der Waals surface area (Å²) in [6.45, 7) is 4.27. The number of rotatable bonds is 4. The van der Waals surface area contributed by atoms with E-state index in [1.165, 1.54) is 0 Å². The molecule has 2 nitrogen and oxygen atoms in total. The Balaban J connectivity index is 2.98. The summed E-state index contributed by atoms with van der Waals surface area (Å²) in [5.74, 6) is 0. The lowest BCUT2D eigenvalue weighted by Crippen LogP contribution is -2.28. The fraction of sp³-hybridized carbons (Fsp3) is 0.455. The third-order valence-electron chi connectivity index (χ3n) is 2.12. The van der Waals surface area contributed by atoms with Crippen LogP contribution in [0.3, 0.4) is 0 Å². The molecular formula is C11H14Cl2O2. The van der Waals surface area contributed by atoms with Crippen molar-refractivity contribution in [2.45, 2.75) is 19.4 Å². The molecule has 0 saturated heterocycles. The third kappa shape index (κ3) is 3.08. The summed E-state index contributed by atoms with van der Waals surface area (Å²) in [6.07, 6.45) is 0. The highest BCUT2D eigenvalue weighted by molar-refractivity contribution is 6.42. The Morgan fingerprint density at radius 3 is 2.67 bits per heavy atom. The molecule has 0 spiro atoms. The monoisotopic (exact) mass is 248 g/mol. The van der Waals surface area contributed by atoms with Crippen LogP contribution < -0.4 is 0 Å². The molecule has 0 aliphatic carbocycles. The fourth-order valence-electron chi connectivity index (χ4n) is 1.30. The van der Waals surface area contributed by atoms with E-state index in [1.807, 2.05) is 6.92 Å². The van der Waals surface area contributed by atoms with Gasteiger partial charge in [0.05, 0.1) is 16.7 Å². The molecule has 0 radical (unpaired) electrons. The van der Waals surface area contributed by atoms with Crippen LogP contribution in [0.4, 0.5) is 0 Å². The second kappa shape index (κ2) is 5.17. The van der Waals surface area contributed by atoms with Crippen LogP contribution in [-0.2, 0) is 10.3 Å². The van der Waals surface area contributed by atoms with E-state index < -0.39 is 5.60 Å². The van der Waals surface area contributed by atoms with E-state index in [9.17, 15) is 5.11 Å². The minimum Gasteiger partial charge on any atom is -0.383 e. The number of benzene rings is 1. The van der Waals surface area contributed by atoms with Crippen molar-refractivity contribution in [2.24, 2.45) is 0 Å². The predicted octanol–water partition coefficient (Wildman–Crippen LogP) is 3.24. The van der Waals surface area contributed by atoms with Gasteiger partial charge in [-0.25, -0.2) is 0 Å². The molecule has 84 valence electrons. The molecule has 1 N–H and O–H groups in total. The van der Waals surface area contributed by atoms with Crippen LogP contribution in [0.15, 0.2) is 18.2 Å². The van der Waals surface area contributed by atoms with E-state index in [1.54, 1.807) is 25.1 Å². The fourth-order valence-corrected chi connectivity index (χ4v) is 1.80. The van der Waals surface area contributed by atoms with Gasteiger partial charge in [-0.15, -0.1) is 0 Å². The summed E-state index contributed by atoms with van der Waals surface area (Å²) in [6, 6.07) is 5.18. The normalized spacial score (nSPS) is 15.0. The van der Waals surface area contributed by atoms with Crippen LogP contribution >= 0.6 is 23.2 Å². The van der Waals surface area contributed by atoms with Crippen LogP contribution in [0.5, 0.6) is 0 Å². The molecule has 1 unspecified atom stereocenters. The Morgan fingerprint density at radius 1 is 1.40 bits per heavy atom. The summed E-state index contributed by atoms with van der Waals surface area (Å²) in [5.41, 5.74) is -0.525. The van der Waals surface area contributed by atoms with Gasteiger partial charge in [0.1, 0.15) is 5.60 Å². The van der Waals surface area contributed by atoms with Crippen LogP contribution in [0, 0.1) is 0 Å². The van der Waals surface area contributed by atoms with Crippen molar-refractivity contribution in [2.75, 3.05) is 13.2 Å². The van der Waals surface area contributed by atoms with E-state index in [0.717, 1.165) is 0 Å². The molecule has 1 aromatic carbocycles. The van der Waals surface area contributed by atoms with Gasteiger partial charge in [0, 0.05) is 12.2 Å². The van der Waals surface area contributed by atoms with Gasteiger partial charge in [0.15, 0.2) is 0 Å². The van der Waals surface area contributed by atoms with Gasteiger partial charge in [0.2, 0.25) is 0 Å². The molecule has 15 heavy (non-hydrogen) atoms. The van der Waals surface area contributed by atoms with E-state index in [-0.39, 0.29) is 6.61 Å². The molecule has 1 aromatic rings. The largest absolute Gasteiger partial charge is 0.383 e. The minimum absolute atomic E-state index is 0.198. The van der Waals surface area contributed by atoms with Crippen molar-refractivity contribution in [3.8, 4) is 0 Å². The van der Waals surface area contributed by atoms with Crippen molar-refractivity contribution in [3.63, 3.8) is 0 Å². The van der Waals surface area contributed by atoms with Gasteiger partial charge in [0.25, 0.3) is 0 Å². The zero-order valence-electron chi connectivity index (χ0n) is 8.76. The quantitative estimate of drug-likeness (QED) is 0.887. The first-order valence-corrected chi connectivity index (χ1v) is 5.49. The first-order chi connectivity index (χ1) is 6.99. The topological polar surface area (TPSA) is 29.5 Å². The van der Waals surface area contributed by atoms with Gasteiger partial charge in [-0.1, -0.05) is 35.3 Å². The second-order valence-corrected chi connectivity index (χ2v) is 4.30. The maximum absolute atomic E-state index is 10.2. The maximum Gasteiger partial charge on any atom is 0.112 e. The predicted molar refractivity (Wildman–Crippen MR) is 62.5 cm³/mol. The molecule has 0 amide bonds. The van der Waals surface area contributed by atoms with Gasteiger partial charge < -0.3 is 9.84 Å². The Bertz CT molecular complexity index is 337. The Kier molecular flexibility index (Phi) is 4.41. The molecule has 0 bridgehead atoms. The van der Waals surface area contributed by atoms with Crippen LogP contribution in [0.2, 0.25) is 10.0 Å². The van der Waals surface area contributed by atoms with Crippen molar-refractivity contribution in [3.05, 3.63) is 33.8 Å². The van der Waals surface area contributed by atoms with E-state index >= 15 is 0 Å². The molecule has 0 aliphatic heterocycles. The average Bonchev–Trinajstić information content (AvgIpc) is 2.19. The van der Waals surface area contributed by atoms with Gasteiger partial charge >= 0.3 is 0 Å². The first-order valence-electron chi connectivity index (χ1n) is 4.73.